The predicted octanol–water partition coefficient (Wildman–Crippen LogP) is 5.13. The number of benzene rings is 3. The highest BCUT2D eigenvalue weighted by molar-refractivity contribution is 6.31. The number of aromatic nitrogens is 1. The highest BCUT2D eigenvalue weighted by Gasteiger charge is 2.29. The molecule has 0 bridgehead atoms. The van der Waals surface area contributed by atoms with Gasteiger partial charge in [-0.05, 0) is 47.9 Å². The summed E-state index contributed by atoms with van der Waals surface area (Å²) < 4.78 is 5.58. The van der Waals surface area contributed by atoms with Gasteiger partial charge in [-0.1, -0.05) is 48.0 Å². The summed E-state index contributed by atoms with van der Waals surface area (Å²) in [6.07, 6.45) is 1.18. The Bertz CT molecular complexity index is 1290. The molecule has 5 rings (SSSR count). The van der Waals surface area contributed by atoms with Gasteiger partial charge in [0.15, 0.2) is 5.58 Å². The zero-order valence-electron chi connectivity index (χ0n) is 16.7. The van der Waals surface area contributed by atoms with Crippen molar-refractivity contribution in [2.24, 2.45) is 5.92 Å². The van der Waals surface area contributed by atoms with E-state index in [0.29, 0.717) is 47.6 Å². The molecule has 2 heterocycles. The van der Waals surface area contributed by atoms with Crippen molar-refractivity contribution >= 4 is 51.3 Å². The quantitative estimate of drug-likeness (QED) is 0.486. The molecular formula is C24H20ClN3O3. The summed E-state index contributed by atoms with van der Waals surface area (Å²) in [5, 5.41) is 5.31. The first kappa shape index (κ1) is 19.6. The van der Waals surface area contributed by atoms with Crippen LogP contribution in [0.2, 0.25) is 5.02 Å². The Morgan fingerprint density at radius 2 is 1.81 bits per heavy atom. The molecule has 1 saturated heterocycles. The number of fused-ring (bicyclic) bond motifs is 2. The second-order valence-corrected chi connectivity index (χ2v) is 8.15. The van der Waals surface area contributed by atoms with Crippen LogP contribution in [0.5, 0.6) is 0 Å². The summed E-state index contributed by atoms with van der Waals surface area (Å²) in [7, 11) is 0. The lowest BCUT2D eigenvalue weighted by molar-refractivity contribution is -0.121. The molecule has 0 unspecified atom stereocenters. The number of likely N-dealkylation sites (tertiary alicyclic amines) is 1. The number of carbonyl (C=O) groups is 2. The number of anilines is 1. The predicted molar refractivity (Wildman–Crippen MR) is 120 cm³/mol. The summed E-state index contributed by atoms with van der Waals surface area (Å²) in [6, 6.07) is 18.9. The normalized spacial score (nSPS) is 14.8. The molecule has 0 saturated carbocycles. The summed E-state index contributed by atoms with van der Waals surface area (Å²) in [4.78, 5) is 31.9. The van der Waals surface area contributed by atoms with Crippen LogP contribution >= 0.6 is 11.6 Å². The summed E-state index contributed by atoms with van der Waals surface area (Å²) in [5.74, 6) is -0.337. The van der Waals surface area contributed by atoms with Crippen LogP contribution in [0.3, 0.4) is 0 Å². The average molecular weight is 434 g/mol. The third kappa shape index (κ3) is 3.86. The number of hydrogen-bond acceptors (Lipinski definition) is 4. The number of piperidine rings is 1. The first-order chi connectivity index (χ1) is 15.1. The third-order valence-electron chi connectivity index (χ3n) is 5.75. The molecule has 1 fully saturated rings. The van der Waals surface area contributed by atoms with Gasteiger partial charge in [-0.2, -0.15) is 4.98 Å². The zero-order chi connectivity index (χ0) is 21.4. The van der Waals surface area contributed by atoms with Crippen molar-refractivity contribution in [3.05, 3.63) is 71.2 Å². The molecule has 1 aromatic heterocycles. The van der Waals surface area contributed by atoms with Crippen LogP contribution < -0.4 is 5.32 Å². The third-order valence-corrected chi connectivity index (χ3v) is 5.99. The van der Waals surface area contributed by atoms with Crippen molar-refractivity contribution in [3.8, 4) is 0 Å². The minimum Gasteiger partial charge on any atom is -0.423 e. The number of rotatable bonds is 3. The maximum absolute atomic E-state index is 13.1. The van der Waals surface area contributed by atoms with E-state index in [9.17, 15) is 9.59 Å². The molecule has 156 valence electrons. The fourth-order valence-corrected chi connectivity index (χ4v) is 4.25. The molecule has 0 radical (unpaired) electrons. The van der Waals surface area contributed by atoms with Crippen LogP contribution in [0.1, 0.15) is 23.2 Å². The number of hydrogen-bond donors (Lipinski definition) is 1. The van der Waals surface area contributed by atoms with E-state index in [4.69, 9.17) is 16.0 Å². The van der Waals surface area contributed by atoms with Crippen molar-refractivity contribution in [1.82, 2.24) is 9.88 Å². The van der Waals surface area contributed by atoms with Gasteiger partial charge >= 0.3 is 6.01 Å². The van der Waals surface area contributed by atoms with Gasteiger partial charge in [-0.15, -0.1) is 0 Å². The summed E-state index contributed by atoms with van der Waals surface area (Å²) >= 11 is 5.97. The SMILES string of the molecule is O=C(Nc1nc2cc(Cl)ccc2o1)C1CCN(C(=O)c2cccc3ccccc23)CC1. The second kappa shape index (κ2) is 8.04. The number of nitrogens with one attached hydrogen (secondary N) is 1. The van der Waals surface area contributed by atoms with Crippen LogP contribution in [0, 0.1) is 5.92 Å². The van der Waals surface area contributed by atoms with E-state index in [0.717, 1.165) is 10.8 Å². The Balaban J connectivity index is 1.24. The van der Waals surface area contributed by atoms with Crippen molar-refractivity contribution in [2.45, 2.75) is 12.8 Å². The lowest BCUT2D eigenvalue weighted by atomic mass is 9.95. The Morgan fingerprint density at radius 1 is 1.03 bits per heavy atom. The lowest BCUT2D eigenvalue weighted by Crippen LogP contribution is -2.41. The molecular weight excluding hydrogens is 414 g/mol. The minimum atomic E-state index is -0.199. The average Bonchev–Trinajstić information content (AvgIpc) is 3.19. The van der Waals surface area contributed by atoms with Crippen molar-refractivity contribution in [2.75, 3.05) is 18.4 Å². The van der Waals surface area contributed by atoms with E-state index < -0.39 is 0 Å². The number of oxazole rings is 1. The number of amides is 2. The lowest BCUT2D eigenvalue weighted by Gasteiger charge is -2.31. The van der Waals surface area contributed by atoms with E-state index in [-0.39, 0.29) is 23.7 Å². The van der Waals surface area contributed by atoms with E-state index >= 15 is 0 Å². The topological polar surface area (TPSA) is 75.4 Å². The van der Waals surface area contributed by atoms with Gasteiger partial charge in [0.1, 0.15) is 5.52 Å². The fraction of sp³-hybridized carbons (Fsp3) is 0.208. The highest BCUT2D eigenvalue weighted by Crippen LogP contribution is 2.26. The van der Waals surface area contributed by atoms with Crippen molar-refractivity contribution in [1.29, 1.82) is 0 Å². The van der Waals surface area contributed by atoms with E-state index in [1.807, 2.05) is 47.4 Å². The van der Waals surface area contributed by atoms with Crippen LogP contribution in [0.4, 0.5) is 6.01 Å². The van der Waals surface area contributed by atoms with Gasteiger partial charge < -0.3 is 9.32 Å². The van der Waals surface area contributed by atoms with Gasteiger partial charge in [0, 0.05) is 29.6 Å². The van der Waals surface area contributed by atoms with Crippen LogP contribution in [-0.2, 0) is 4.79 Å². The van der Waals surface area contributed by atoms with Crippen LogP contribution in [0.25, 0.3) is 21.9 Å². The largest absolute Gasteiger partial charge is 0.423 e. The van der Waals surface area contributed by atoms with E-state index in [1.54, 1.807) is 18.2 Å². The first-order valence-corrected chi connectivity index (χ1v) is 10.6. The minimum absolute atomic E-state index is 0.00601. The highest BCUT2D eigenvalue weighted by atomic mass is 35.5. The molecule has 31 heavy (non-hydrogen) atoms. The molecule has 1 aliphatic heterocycles. The van der Waals surface area contributed by atoms with Crippen molar-refractivity contribution in [3.63, 3.8) is 0 Å². The molecule has 1 aliphatic rings. The molecule has 2 amide bonds. The molecule has 0 aliphatic carbocycles. The molecule has 1 N–H and O–H groups in total. The Labute approximate surface area is 183 Å². The van der Waals surface area contributed by atoms with Crippen LogP contribution in [0.15, 0.2) is 65.1 Å². The smallest absolute Gasteiger partial charge is 0.302 e. The van der Waals surface area contributed by atoms with Crippen molar-refractivity contribution < 1.29 is 14.0 Å². The van der Waals surface area contributed by atoms with Crippen LogP contribution in [-0.4, -0.2) is 34.8 Å². The fourth-order valence-electron chi connectivity index (χ4n) is 4.09. The molecule has 0 spiro atoms. The number of nitrogens with zero attached hydrogens (tertiary/aromatic N) is 2. The molecule has 6 nitrogen and oxygen atoms in total. The molecule has 3 aromatic carbocycles. The monoisotopic (exact) mass is 433 g/mol. The maximum atomic E-state index is 13.1. The van der Waals surface area contributed by atoms with E-state index in [2.05, 4.69) is 10.3 Å². The van der Waals surface area contributed by atoms with Gasteiger partial charge in [-0.25, -0.2) is 0 Å². The Kier molecular flexibility index (Phi) is 5.08. The standard InChI is InChI=1S/C24H20ClN3O3/c25-17-8-9-21-20(14-17)26-24(31-21)27-22(29)16-10-12-28(13-11-16)23(30)19-7-3-5-15-4-1-2-6-18(15)19/h1-9,14,16H,10-13H2,(H,26,27,29). The summed E-state index contributed by atoms with van der Waals surface area (Å²) in [6.45, 7) is 1.06. The maximum Gasteiger partial charge on any atom is 0.302 e. The van der Waals surface area contributed by atoms with E-state index in [1.165, 1.54) is 0 Å². The van der Waals surface area contributed by atoms with Gasteiger partial charge in [0.25, 0.3) is 5.91 Å². The number of halogens is 1. The van der Waals surface area contributed by atoms with Gasteiger partial charge in [0.05, 0.1) is 0 Å². The summed E-state index contributed by atoms with van der Waals surface area (Å²) in [5.41, 5.74) is 1.86. The number of carbonyl (C=O) groups excluding carboxylic acids is 2. The molecule has 0 atom stereocenters. The Hall–Kier alpha value is -3.38. The zero-order valence-corrected chi connectivity index (χ0v) is 17.4. The molecule has 4 aromatic rings. The van der Waals surface area contributed by atoms with Gasteiger partial charge in [-0.3, -0.25) is 14.9 Å². The molecule has 7 heteroatoms. The Morgan fingerprint density at radius 3 is 2.65 bits per heavy atom. The second-order valence-electron chi connectivity index (χ2n) is 7.71. The van der Waals surface area contributed by atoms with Gasteiger partial charge in [0.2, 0.25) is 5.91 Å². The first-order valence-electron chi connectivity index (χ1n) is 10.2.